The summed E-state index contributed by atoms with van der Waals surface area (Å²) in [5, 5.41) is 10.5. The Labute approximate surface area is 220 Å². The van der Waals surface area contributed by atoms with E-state index in [0.29, 0.717) is 0 Å². The van der Waals surface area contributed by atoms with Gasteiger partial charge in [0.25, 0.3) is 0 Å². The first kappa shape index (κ1) is 19.9. The van der Waals surface area contributed by atoms with Gasteiger partial charge in [0.15, 0.2) is 0 Å². The lowest BCUT2D eigenvalue weighted by molar-refractivity contribution is 1.21. The van der Waals surface area contributed by atoms with Crippen LogP contribution in [-0.4, -0.2) is 4.57 Å². The molecule has 0 atom stereocenters. The van der Waals surface area contributed by atoms with Crippen molar-refractivity contribution in [3.05, 3.63) is 115 Å². The Hall–Kier alpha value is -4.18. The molecule has 6 aromatic carbocycles. The van der Waals surface area contributed by atoms with Crippen LogP contribution in [0, 0.1) is 0 Å². The van der Waals surface area contributed by atoms with Gasteiger partial charge in [-0.3, -0.25) is 0 Å². The maximum atomic E-state index is 2.53. The van der Waals surface area contributed by atoms with Crippen LogP contribution in [0.15, 0.2) is 115 Å². The van der Waals surface area contributed by atoms with Gasteiger partial charge >= 0.3 is 0 Å². The quantitative estimate of drug-likeness (QED) is 0.196. The van der Waals surface area contributed by atoms with E-state index in [1.54, 1.807) is 0 Å². The van der Waals surface area contributed by atoms with Gasteiger partial charge in [0.2, 0.25) is 0 Å². The molecule has 9 rings (SSSR count). The molecule has 0 fully saturated rings. The van der Waals surface area contributed by atoms with E-state index in [4.69, 9.17) is 0 Å². The Morgan fingerprint density at radius 3 is 1.97 bits per heavy atom. The second-order valence-corrected chi connectivity index (χ2v) is 11.8. The zero-order valence-electron chi connectivity index (χ0n) is 19.7. The molecule has 0 radical (unpaired) electrons. The highest BCUT2D eigenvalue weighted by Crippen LogP contribution is 2.48. The summed E-state index contributed by atoms with van der Waals surface area (Å²) in [7, 11) is 0. The second kappa shape index (κ2) is 7.19. The van der Waals surface area contributed by atoms with Crippen LogP contribution in [0.5, 0.6) is 0 Å². The molecule has 0 aliphatic carbocycles. The van der Waals surface area contributed by atoms with Crippen LogP contribution in [0.25, 0.3) is 78.6 Å². The third-order valence-corrected chi connectivity index (χ3v) is 10.4. The minimum atomic E-state index is 1.25. The zero-order valence-corrected chi connectivity index (χ0v) is 21.4. The summed E-state index contributed by atoms with van der Waals surface area (Å²) in [6.45, 7) is 0. The van der Waals surface area contributed by atoms with E-state index < -0.39 is 0 Å². The molecule has 0 amide bonds. The maximum Gasteiger partial charge on any atom is 0.0720 e. The van der Waals surface area contributed by atoms with Gasteiger partial charge < -0.3 is 4.57 Å². The summed E-state index contributed by atoms with van der Waals surface area (Å²) < 4.78 is 8.08. The summed E-state index contributed by atoms with van der Waals surface area (Å²) in [5.41, 5.74) is 3.82. The van der Waals surface area contributed by atoms with Crippen LogP contribution in [-0.2, 0) is 0 Å². The average Bonchev–Trinajstić information content (AvgIpc) is 3.61. The third-order valence-electron chi connectivity index (χ3n) is 7.78. The molecule has 172 valence electrons. The van der Waals surface area contributed by atoms with E-state index >= 15 is 0 Å². The number of rotatable bonds is 1. The monoisotopic (exact) mass is 505 g/mol. The molecule has 0 bridgehead atoms. The number of thiophene rings is 2. The normalized spacial score (nSPS) is 12.3. The summed E-state index contributed by atoms with van der Waals surface area (Å²) in [4.78, 5) is 0. The molecule has 0 aliphatic heterocycles. The van der Waals surface area contributed by atoms with Gasteiger partial charge in [-0.05, 0) is 34.4 Å². The van der Waals surface area contributed by atoms with Crippen LogP contribution in [0.2, 0.25) is 0 Å². The lowest BCUT2D eigenvalue weighted by Crippen LogP contribution is -1.96. The molecule has 37 heavy (non-hydrogen) atoms. The standard InChI is InChI=1S/C34H19NS2/c1-2-10-21-20(9-1)19-29(23-12-4-3-11-22(21)23)35-28-15-7-5-13-24(28)25-17-18-27-32(31(25)35)37-33-26-14-6-8-16-30(26)36-34(27)33/h1-19H. The Kier molecular flexibility index (Phi) is 3.88. The molecule has 1 nitrogen and oxygen atoms in total. The Bertz CT molecular complexity index is 2360. The highest BCUT2D eigenvalue weighted by molar-refractivity contribution is 7.37. The minimum absolute atomic E-state index is 1.25. The summed E-state index contributed by atoms with van der Waals surface area (Å²) in [6.07, 6.45) is 0. The molecular formula is C34H19NS2. The van der Waals surface area contributed by atoms with Gasteiger partial charge in [-0.1, -0.05) is 97.1 Å². The average molecular weight is 506 g/mol. The van der Waals surface area contributed by atoms with E-state index in [0.717, 1.165) is 0 Å². The Morgan fingerprint density at radius 1 is 0.432 bits per heavy atom. The van der Waals surface area contributed by atoms with Crippen molar-refractivity contribution in [2.24, 2.45) is 0 Å². The van der Waals surface area contributed by atoms with Gasteiger partial charge in [-0.25, -0.2) is 0 Å². The fourth-order valence-corrected chi connectivity index (χ4v) is 8.96. The Balaban J connectivity index is 1.53. The van der Waals surface area contributed by atoms with Crippen molar-refractivity contribution < 1.29 is 0 Å². The van der Waals surface area contributed by atoms with E-state index in [2.05, 4.69) is 120 Å². The lowest BCUT2D eigenvalue weighted by atomic mass is 10.00. The van der Waals surface area contributed by atoms with Crippen molar-refractivity contribution in [1.29, 1.82) is 0 Å². The molecule has 0 N–H and O–H groups in total. The first-order chi connectivity index (χ1) is 18.4. The maximum absolute atomic E-state index is 2.53. The minimum Gasteiger partial charge on any atom is -0.307 e. The van der Waals surface area contributed by atoms with E-state index in [1.807, 2.05) is 22.7 Å². The first-order valence-corrected chi connectivity index (χ1v) is 14.2. The predicted molar refractivity (Wildman–Crippen MR) is 164 cm³/mol. The fourth-order valence-electron chi connectivity index (χ4n) is 6.18. The largest absolute Gasteiger partial charge is 0.307 e. The van der Waals surface area contributed by atoms with Gasteiger partial charge in [0.1, 0.15) is 0 Å². The van der Waals surface area contributed by atoms with Crippen molar-refractivity contribution in [2.75, 3.05) is 0 Å². The molecule has 0 aliphatic rings. The third kappa shape index (κ3) is 2.58. The smallest absolute Gasteiger partial charge is 0.0720 e. The number of benzene rings is 6. The Morgan fingerprint density at radius 2 is 1.08 bits per heavy atom. The molecule has 0 unspecified atom stereocenters. The lowest BCUT2D eigenvalue weighted by Gasteiger charge is -2.14. The molecule has 3 heteroatoms. The number of aromatic nitrogens is 1. The summed E-state index contributed by atoms with van der Waals surface area (Å²) in [5.74, 6) is 0. The van der Waals surface area contributed by atoms with Crippen molar-refractivity contribution in [3.8, 4) is 5.69 Å². The molecule has 0 saturated heterocycles. The topological polar surface area (TPSA) is 4.93 Å². The highest BCUT2D eigenvalue weighted by Gasteiger charge is 2.21. The highest BCUT2D eigenvalue weighted by atomic mass is 32.1. The van der Waals surface area contributed by atoms with Crippen molar-refractivity contribution in [3.63, 3.8) is 0 Å². The van der Waals surface area contributed by atoms with Gasteiger partial charge in [-0.15, -0.1) is 22.7 Å². The van der Waals surface area contributed by atoms with Crippen LogP contribution in [0.4, 0.5) is 0 Å². The predicted octanol–water partition coefficient (Wildman–Crippen LogP) is 10.7. The SMILES string of the molecule is c1ccc2c(c1)cc(-n1c3ccccc3c3ccc4c5sc6ccccc6c5sc4c31)c1ccccc12. The molecule has 0 saturated carbocycles. The fraction of sp³-hybridized carbons (Fsp3) is 0. The van der Waals surface area contributed by atoms with E-state index in [1.165, 1.54) is 78.6 Å². The van der Waals surface area contributed by atoms with Crippen LogP contribution < -0.4 is 0 Å². The van der Waals surface area contributed by atoms with Crippen LogP contribution in [0.3, 0.4) is 0 Å². The number of hydrogen-bond acceptors (Lipinski definition) is 2. The van der Waals surface area contributed by atoms with Crippen LogP contribution in [0.1, 0.15) is 0 Å². The molecule has 3 aromatic heterocycles. The first-order valence-electron chi connectivity index (χ1n) is 12.5. The second-order valence-electron chi connectivity index (χ2n) is 9.71. The molecular weight excluding hydrogens is 487 g/mol. The van der Waals surface area contributed by atoms with Crippen molar-refractivity contribution >= 4 is 95.6 Å². The van der Waals surface area contributed by atoms with E-state index in [9.17, 15) is 0 Å². The number of para-hydroxylation sites is 1. The van der Waals surface area contributed by atoms with Gasteiger partial charge in [-0.2, -0.15) is 0 Å². The van der Waals surface area contributed by atoms with Crippen LogP contribution >= 0.6 is 22.7 Å². The molecule has 0 spiro atoms. The van der Waals surface area contributed by atoms with Crippen molar-refractivity contribution in [2.45, 2.75) is 0 Å². The number of hydrogen-bond donors (Lipinski definition) is 0. The summed E-state index contributed by atoms with van der Waals surface area (Å²) >= 11 is 3.87. The number of nitrogens with zero attached hydrogens (tertiary/aromatic N) is 1. The number of fused-ring (bicyclic) bond motifs is 12. The van der Waals surface area contributed by atoms with Gasteiger partial charge in [0.05, 0.1) is 30.8 Å². The van der Waals surface area contributed by atoms with Gasteiger partial charge in [0, 0.05) is 31.6 Å². The molecule has 9 aromatic rings. The molecule has 3 heterocycles. The summed E-state index contributed by atoms with van der Waals surface area (Å²) in [6, 6.07) is 42.4. The van der Waals surface area contributed by atoms with Crippen molar-refractivity contribution in [1.82, 2.24) is 4.57 Å². The van der Waals surface area contributed by atoms with E-state index in [-0.39, 0.29) is 0 Å². The zero-order chi connectivity index (χ0) is 24.1.